The first-order valence-electron chi connectivity index (χ1n) is 44.7. The van der Waals surface area contributed by atoms with Crippen LogP contribution in [-0.4, -0.2) is 14.3 Å². The van der Waals surface area contributed by atoms with Crippen LogP contribution in [0.5, 0.6) is 57.5 Å². The number of nitrogens with one attached hydrogen (secondary N) is 1. The van der Waals surface area contributed by atoms with Crippen LogP contribution in [0.15, 0.2) is 434 Å². The molecular formula is C115H114F3N17O8S. The highest BCUT2D eigenvalue weighted by molar-refractivity contribution is 7.91. The van der Waals surface area contributed by atoms with E-state index in [1.807, 2.05) is 194 Å². The number of hydrogen-bond acceptors (Lipinski definition) is 24. The van der Waals surface area contributed by atoms with Gasteiger partial charge in [-0.3, -0.25) is 4.79 Å². The number of carbonyl (C=O) groups is 1. The molecule has 0 aromatic heterocycles. The number of anilines is 17. The molecule has 29 heteroatoms. The van der Waals surface area contributed by atoms with Gasteiger partial charge in [-0.15, -0.1) is 0 Å². The van der Waals surface area contributed by atoms with Gasteiger partial charge in [0.1, 0.15) is 57.5 Å². The fourth-order valence-electron chi connectivity index (χ4n) is 13.4. The number of sulfone groups is 1. The highest BCUT2D eigenvalue weighted by Crippen LogP contribution is 2.41. The molecule has 144 heavy (non-hydrogen) atoms. The molecule has 0 fully saturated rings. The summed E-state index contributed by atoms with van der Waals surface area (Å²) in [6.07, 6.45) is -3.53. The minimum Gasteiger partial charge on any atom is -0.457 e. The molecule has 18 aromatic carbocycles. The molecule has 0 saturated heterocycles. The summed E-state index contributed by atoms with van der Waals surface area (Å²) in [5.41, 5.74) is 106. The Morgan fingerprint density at radius 3 is 0.778 bits per heavy atom. The molecule has 0 heterocycles. The Hall–Kier alpha value is -19.0. The van der Waals surface area contributed by atoms with Gasteiger partial charge in [0, 0.05) is 114 Å². The minimum absolute atomic E-state index is 0.0872. The van der Waals surface area contributed by atoms with E-state index in [-0.39, 0.29) is 32.4 Å². The summed E-state index contributed by atoms with van der Waals surface area (Å²) in [7, 11) is -3.48. The molecule has 0 aliphatic carbocycles. The Bertz CT molecular complexity index is 6820. The second-order valence-electron chi connectivity index (χ2n) is 33.1. The van der Waals surface area contributed by atoms with Crippen molar-refractivity contribution < 1.29 is 50.1 Å². The summed E-state index contributed by atoms with van der Waals surface area (Å²) in [6.45, 7) is 6.14. The second-order valence-corrected chi connectivity index (χ2v) is 35.1. The lowest BCUT2D eigenvalue weighted by atomic mass is 9.78. The Labute approximate surface area is 835 Å². The fourth-order valence-corrected chi connectivity index (χ4v) is 14.7. The Morgan fingerprint density at radius 2 is 0.493 bits per heavy atom. The van der Waals surface area contributed by atoms with E-state index in [4.69, 9.17) is 115 Å². The quantitative estimate of drug-likeness (QED) is 0.0334. The number of halogens is 3. The van der Waals surface area contributed by atoms with Gasteiger partial charge < -0.3 is 121 Å². The van der Waals surface area contributed by atoms with Crippen molar-refractivity contribution in [2.45, 2.75) is 48.6 Å². The average molecular weight is 1950 g/mol. The van der Waals surface area contributed by atoms with Gasteiger partial charge in [0.2, 0.25) is 9.84 Å². The smallest absolute Gasteiger partial charge is 0.417 e. The molecule has 0 aliphatic rings. The molecule has 0 unspecified atom stereocenters. The number of aryl methyl sites for hydroxylation is 1. The summed E-state index contributed by atoms with van der Waals surface area (Å²) in [5.74, 6) is 7.27. The van der Waals surface area contributed by atoms with Crippen LogP contribution in [0, 0.1) is 6.92 Å². The Morgan fingerprint density at radius 1 is 0.264 bits per heavy atom. The van der Waals surface area contributed by atoms with E-state index in [0.29, 0.717) is 85.1 Å². The molecule has 18 rings (SSSR count). The number of alkyl halides is 3. The number of ether oxygens (including phenoxy) is 5. The minimum atomic E-state index is -4.45. The van der Waals surface area contributed by atoms with Crippen molar-refractivity contribution >= 4 is 112 Å². The topological polar surface area (TPSA) is 526 Å². The lowest BCUT2D eigenvalue weighted by Gasteiger charge is -2.26. The first-order chi connectivity index (χ1) is 68.8. The monoisotopic (exact) mass is 1950 g/mol. The predicted molar refractivity (Wildman–Crippen MR) is 584 cm³/mol. The van der Waals surface area contributed by atoms with Crippen molar-refractivity contribution in [3.8, 4) is 68.6 Å². The molecule has 0 atom stereocenters. The molecular weight excluding hydrogens is 1840 g/mol. The second kappa shape index (κ2) is 50.3. The van der Waals surface area contributed by atoms with Gasteiger partial charge in [-0.05, 0) is 404 Å². The molecule has 0 bridgehead atoms. The summed E-state index contributed by atoms with van der Waals surface area (Å²) in [4.78, 5) is 12.3. The van der Waals surface area contributed by atoms with E-state index >= 15 is 0 Å². The molecule has 25 nitrogen and oxygen atoms in total. The zero-order chi connectivity index (χ0) is 103. The fraction of sp³-hybridized carbons (Fsp3) is 0.0522. The zero-order valence-electron chi connectivity index (χ0n) is 79.2. The Kier molecular flexibility index (Phi) is 36.9. The number of rotatable bonds is 19. The van der Waals surface area contributed by atoms with Crippen LogP contribution in [0.1, 0.15) is 57.6 Å². The first kappa shape index (κ1) is 105. The zero-order valence-corrected chi connectivity index (χ0v) is 80.0. The van der Waals surface area contributed by atoms with Crippen LogP contribution in [-0.2, 0) is 27.8 Å². The predicted octanol–water partition coefficient (Wildman–Crippen LogP) is 24.8. The van der Waals surface area contributed by atoms with Gasteiger partial charge in [-0.25, -0.2) is 8.42 Å². The van der Waals surface area contributed by atoms with Gasteiger partial charge in [-0.1, -0.05) is 80.6 Å². The molecule has 0 saturated carbocycles. The van der Waals surface area contributed by atoms with E-state index < -0.39 is 21.6 Å². The molecule has 0 aliphatic heterocycles. The SMILES string of the molecule is CC(C)(c1ccc(Oc2ccc(N)cc2)cc1)c1ccc(Oc2ccc(N)cc2)cc1.Cc1cc(N)ccc1-c1ccc(N)cc1C(F)(F)F.Nc1ccc(Cc2ccc(N)cc2)cc1.Nc1ccc(N)cc1.Nc1ccc(NC(=O)c2ccc(N)cc2)cc1.Nc1ccc(Oc2ccc(N)cc2)cc1.Nc1ccc(Oc2cccc(Oc3ccc(N)cc3)c2)cc1.Nc1ccc(S(=O)(=O)c2ccc(N)cc2)cc1. The van der Waals surface area contributed by atoms with Crippen molar-refractivity contribution in [2.75, 3.05) is 97.1 Å². The molecule has 0 spiro atoms. The van der Waals surface area contributed by atoms with Crippen molar-refractivity contribution in [1.29, 1.82) is 0 Å². The van der Waals surface area contributed by atoms with Gasteiger partial charge in [0.05, 0.1) is 15.4 Å². The third-order valence-electron chi connectivity index (χ3n) is 21.3. The van der Waals surface area contributed by atoms with Crippen LogP contribution in [0.3, 0.4) is 0 Å². The van der Waals surface area contributed by atoms with Crippen LogP contribution in [0.4, 0.5) is 110 Å². The number of carbonyl (C=O) groups excluding carboxylic acids is 1. The Balaban J connectivity index is 0.000000160. The van der Waals surface area contributed by atoms with Crippen molar-refractivity contribution in [3.63, 3.8) is 0 Å². The van der Waals surface area contributed by atoms with Crippen LogP contribution >= 0.6 is 0 Å². The summed E-state index contributed by atoms with van der Waals surface area (Å²) >= 11 is 0. The summed E-state index contributed by atoms with van der Waals surface area (Å²) in [6, 6.07) is 125. The highest BCUT2D eigenvalue weighted by atomic mass is 32.2. The van der Waals surface area contributed by atoms with E-state index in [2.05, 4.69) is 43.4 Å². The molecule has 33 N–H and O–H groups in total. The van der Waals surface area contributed by atoms with Gasteiger partial charge in [0.25, 0.3) is 5.91 Å². The first-order valence-corrected chi connectivity index (χ1v) is 46.2. The number of nitrogens with two attached hydrogens (primary N) is 16. The van der Waals surface area contributed by atoms with Crippen molar-refractivity contribution in [3.05, 3.63) is 464 Å². The number of hydrogen-bond donors (Lipinski definition) is 17. The van der Waals surface area contributed by atoms with Crippen LogP contribution < -0.4 is 121 Å². The standard InChI is InChI=1S/C27H26N2O2.C18H16N2O2.C14H13F3N2.C13H13N3O.C13H14N2.C12H12N2O2S.C12H12N2O.C6H8N2/c1-27(2,19-3-11-23(12-4-19)30-25-15-7-21(28)8-16-25)20-5-13-24(14-6-20)31-26-17-9-22(29)10-18-26;19-13-4-8-15(9-5-13)21-17-2-1-3-18(12-17)22-16-10-6-14(20)7-11-16;1-8-6-9(18)2-4-11(8)12-5-3-10(19)7-13(12)14(15,16)17;14-10-3-1-9(2-4-10)13(17)16-12-7-5-11(15)6-8-12;14-12-5-1-10(2-6-12)9-11-3-7-13(15)8-4-11;13-9-1-5-11(6-2-9)17(15,16)12-7-3-10(14)4-8-12;13-9-1-5-11(6-2-9)15-12-7-3-10(14)4-8-12;7-5-1-2-6(8)4-3-5/h3-18H,28-29H2,1-2H3;1-12H,19-20H2;2-7H,18-19H2,1H3;1-8H,14-15H2,(H,16,17);1-8H,9,14-15H2;1-8H,13-14H2;1-8H,13-14H2;1-4H,7-8H2. The molecule has 18 aromatic rings. The van der Waals surface area contributed by atoms with Crippen molar-refractivity contribution in [1.82, 2.24) is 0 Å². The van der Waals surface area contributed by atoms with Crippen LogP contribution in [0.25, 0.3) is 11.1 Å². The largest absolute Gasteiger partial charge is 0.457 e. The molecule has 0 radical (unpaired) electrons. The van der Waals surface area contributed by atoms with E-state index in [0.717, 1.165) is 92.6 Å². The normalized spacial score (nSPS) is 10.6. The summed E-state index contributed by atoms with van der Waals surface area (Å²) < 4.78 is 92.4. The molecule has 1 amide bonds. The van der Waals surface area contributed by atoms with Gasteiger partial charge in [0.15, 0.2) is 0 Å². The lowest BCUT2D eigenvalue weighted by Crippen LogP contribution is -2.18. The maximum atomic E-state index is 13.0. The van der Waals surface area contributed by atoms with E-state index in [1.165, 1.54) is 58.7 Å². The number of amides is 1. The third kappa shape index (κ3) is 33.7. The number of benzene rings is 18. The average Bonchev–Trinajstić information content (AvgIpc) is 0.793. The van der Waals surface area contributed by atoms with Gasteiger partial charge >= 0.3 is 6.18 Å². The van der Waals surface area contributed by atoms with Crippen LogP contribution in [0.2, 0.25) is 0 Å². The summed E-state index contributed by atoms with van der Waals surface area (Å²) in [5, 5.41) is 2.77. The van der Waals surface area contributed by atoms with Crippen molar-refractivity contribution in [2.24, 2.45) is 0 Å². The van der Waals surface area contributed by atoms with Gasteiger partial charge in [-0.2, -0.15) is 13.2 Å². The maximum absolute atomic E-state index is 13.0. The van der Waals surface area contributed by atoms with E-state index in [9.17, 15) is 26.4 Å². The maximum Gasteiger partial charge on any atom is 0.417 e. The third-order valence-corrected chi connectivity index (χ3v) is 23.1. The van der Waals surface area contributed by atoms with E-state index in [1.54, 1.807) is 171 Å². The molecule has 734 valence electrons. The number of nitrogen functional groups attached to an aromatic ring is 16. The highest BCUT2D eigenvalue weighted by Gasteiger charge is 2.34. The lowest BCUT2D eigenvalue weighted by molar-refractivity contribution is -0.137.